The number of rotatable bonds is 2. The second-order valence-corrected chi connectivity index (χ2v) is 5.85. The molecule has 1 atom stereocenters. The minimum absolute atomic E-state index is 0.0486. The van der Waals surface area contributed by atoms with E-state index in [0.29, 0.717) is 17.2 Å². The molecular weight excluding hydrogens is 242 g/mol. The highest BCUT2D eigenvalue weighted by Crippen LogP contribution is 2.50. The van der Waals surface area contributed by atoms with Gasteiger partial charge in [-0.25, -0.2) is 0 Å². The van der Waals surface area contributed by atoms with Crippen LogP contribution >= 0.6 is 0 Å². The Hall–Kier alpha value is -1.36. The van der Waals surface area contributed by atoms with Gasteiger partial charge in [0.15, 0.2) is 0 Å². The smallest absolute Gasteiger partial charge is 0.274 e. The number of carbonyl (C=O) groups is 1. The van der Waals surface area contributed by atoms with Gasteiger partial charge in [-0.1, -0.05) is 0 Å². The van der Waals surface area contributed by atoms with Crippen LogP contribution in [0.4, 0.5) is 0 Å². The van der Waals surface area contributed by atoms with Crippen molar-refractivity contribution < 1.29 is 9.53 Å². The van der Waals surface area contributed by atoms with Crippen molar-refractivity contribution in [2.24, 2.45) is 5.41 Å². The third kappa shape index (κ3) is 2.06. The van der Waals surface area contributed by atoms with Gasteiger partial charge in [0.05, 0.1) is 6.10 Å². The molecule has 1 aliphatic heterocycles. The van der Waals surface area contributed by atoms with E-state index in [1.54, 1.807) is 7.11 Å². The number of likely N-dealkylation sites (tertiary alicyclic amines) is 1. The molecule has 0 radical (unpaired) electrons. The van der Waals surface area contributed by atoms with Crippen LogP contribution in [-0.4, -0.2) is 47.3 Å². The maximum Gasteiger partial charge on any atom is 0.274 e. The summed E-state index contributed by atoms with van der Waals surface area (Å²) in [5.41, 5.74) is 1.80. The van der Waals surface area contributed by atoms with Gasteiger partial charge in [0.25, 0.3) is 5.91 Å². The summed E-state index contributed by atoms with van der Waals surface area (Å²) < 4.78 is 5.54. The number of hydrogen-bond acceptors (Lipinski definition) is 3. The molecular formula is C14H21N3O2. The van der Waals surface area contributed by atoms with Gasteiger partial charge in [-0.05, 0) is 38.7 Å². The van der Waals surface area contributed by atoms with E-state index in [9.17, 15) is 4.79 Å². The number of hydrogen-bond donors (Lipinski definition) is 1. The number of aryl methyl sites for hydroxylation is 1. The second kappa shape index (κ2) is 4.63. The Balaban J connectivity index is 1.63. The highest BCUT2D eigenvalue weighted by atomic mass is 16.5. The fourth-order valence-corrected chi connectivity index (χ4v) is 3.45. The van der Waals surface area contributed by atoms with Crippen LogP contribution in [-0.2, 0) is 4.74 Å². The topological polar surface area (TPSA) is 58.2 Å². The van der Waals surface area contributed by atoms with E-state index in [4.69, 9.17) is 4.74 Å². The highest BCUT2D eigenvalue weighted by molar-refractivity contribution is 5.92. The first kappa shape index (κ1) is 12.7. The van der Waals surface area contributed by atoms with Gasteiger partial charge in [0.2, 0.25) is 0 Å². The Morgan fingerprint density at radius 1 is 1.47 bits per heavy atom. The van der Waals surface area contributed by atoms with Crippen molar-refractivity contribution in [3.8, 4) is 0 Å². The SMILES string of the molecule is COC1CCC12CCN(C(=O)c1cc(C)[nH]n1)CC2. The molecule has 0 bridgehead atoms. The van der Waals surface area contributed by atoms with E-state index in [1.165, 1.54) is 12.8 Å². The zero-order chi connectivity index (χ0) is 13.5. The Bertz CT molecular complexity index is 473. The first-order valence-electron chi connectivity index (χ1n) is 6.99. The molecule has 2 aliphatic rings. The molecule has 1 saturated carbocycles. The van der Waals surface area contributed by atoms with E-state index >= 15 is 0 Å². The Labute approximate surface area is 113 Å². The number of carbonyl (C=O) groups excluding carboxylic acids is 1. The quantitative estimate of drug-likeness (QED) is 0.884. The van der Waals surface area contributed by atoms with Crippen molar-refractivity contribution in [3.63, 3.8) is 0 Å². The largest absolute Gasteiger partial charge is 0.381 e. The lowest BCUT2D eigenvalue weighted by atomic mass is 9.61. The number of ether oxygens (including phenoxy) is 1. The van der Waals surface area contributed by atoms with Crippen LogP contribution in [0.25, 0.3) is 0 Å². The van der Waals surface area contributed by atoms with Crippen molar-refractivity contribution in [1.29, 1.82) is 0 Å². The molecule has 1 aromatic heterocycles. The fourth-order valence-electron chi connectivity index (χ4n) is 3.45. The Kier molecular flexibility index (Phi) is 3.09. The van der Waals surface area contributed by atoms with Crippen molar-refractivity contribution in [2.75, 3.05) is 20.2 Å². The number of amides is 1. The predicted octanol–water partition coefficient (Wildman–Crippen LogP) is 1.75. The summed E-state index contributed by atoms with van der Waals surface area (Å²) in [7, 11) is 1.80. The maximum atomic E-state index is 12.3. The van der Waals surface area contributed by atoms with E-state index < -0.39 is 0 Å². The molecule has 1 amide bonds. The molecule has 104 valence electrons. The van der Waals surface area contributed by atoms with E-state index in [0.717, 1.165) is 31.6 Å². The number of aromatic nitrogens is 2. The maximum absolute atomic E-state index is 12.3. The van der Waals surface area contributed by atoms with Crippen molar-refractivity contribution >= 4 is 5.91 Å². The molecule has 2 heterocycles. The van der Waals surface area contributed by atoms with Crippen LogP contribution in [0.2, 0.25) is 0 Å². The lowest BCUT2D eigenvalue weighted by Crippen LogP contribution is -2.53. The molecule has 1 aromatic rings. The van der Waals surface area contributed by atoms with Gasteiger partial charge >= 0.3 is 0 Å². The van der Waals surface area contributed by atoms with Crippen molar-refractivity contribution in [3.05, 3.63) is 17.5 Å². The molecule has 2 fully saturated rings. The standard InChI is InChI=1S/C14H21N3O2/c1-10-9-11(16-15-10)13(18)17-7-5-14(6-8-17)4-3-12(14)19-2/h9,12H,3-8H2,1-2H3,(H,15,16). The number of H-pyrrole nitrogens is 1. The van der Waals surface area contributed by atoms with Crippen molar-refractivity contribution in [2.45, 2.75) is 38.7 Å². The van der Waals surface area contributed by atoms with Gasteiger partial charge in [-0.3, -0.25) is 9.89 Å². The Morgan fingerprint density at radius 3 is 2.68 bits per heavy atom. The average Bonchev–Trinajstić information content (AvgIpc) is 2.84. The molecule has 0 aromatic carbocycles. The Morgan fingerprint density at radius 2 is 2.21 bits per heavy atom. The zero-order valence-electron chi connectivity index (χ0n) is 11.6. The number of nitrogens with one attached hydrogen (secondary N) is 1. The van der Waals surface area contributed by atoms with Crippen LogP contribution in [0.5, 0.6) is 0 Å². The van der Waals surface area contributed by atoms with E-state index in [1.807, 2.05) is 17.9 Å². The third-order valence-corrected chi connectivity index (χ3v) is 4.84. The molecule has 3 rings (SSSR count). The molecule has 1 unspecified atom stereocenters. The molecule has 1 N–H and O–H groups in total. The first-order valence-corrected chi connectivity index (χ1v) is 6.99. The summed E-state index contributed by atoms with van der Waals surface area (Å²) in [5.74, 6) is 0.0486. The lowest BCUT2D eigenvalue weighted by Gasteiger charge is -2.53. The lowest BCUT2D eigenvalue weighted by molar-refractivity contribution is -0.116. The fraction of sp³-hybridized carbons (Fsp3) is 0.714. The summed E-state index contributed by atoms with van der Waals surface area (Å²) >= 11 is 0. The van der Waals surface area contributed by atoms with E-state index in [-0.39, 0.29) is 5.91 Å². The molecule has 1 spiro atoms. The van der Waals surface area contributed by atoms with Gasteiger partial charge in [0.1, 0.15) is 5.69 Å². The number of nitrogens with zero attached hydrogens (tertiary/aromatic N) is 2. The van der Waals surface area contributed by atoms with Gasteiger partial charge in [-0.2, -0.15) is 5.10 Å². The van der Waals surface area contributed by atoms with Crippen LogP contribution in [0, 0.1) is 12.3 Å². The minimum atomic E-state index is 0.0486. The van der Waals surface area contributed by atoms with Crippen molar-refractivity contribution in [1.82, 2.24) is 15.1 Å². The highest BCUT2D eigenvalue weighted by Gasteiger charge is 2.49. The molecule has 5 nitrogen and oxygen atoms in total. The second-order valence-electron chi connectivity index (χ2n) is 5.85. The minimum Gasteiger partial charge on any atom is -0.381 e. The average molecular weight is 263 g/mol. The zero-order valence-corrected chi connectivity index (χ0v) is 11.6. The monoisotopic (exact) mass is 263 g/mol. The van der Waals surface area contributed by atoms with Crippen LogP contribution in [0.15, 0.2) is 6.07 Å². The summed E-state index contributed by atoms with van der Waals surface area (Å²) in [4.78, 5) is 14.2. The van der Waals surface area contributed by atoms with Crippen LogP contribution < -0.4 is 0 Å². The van der Waals surface area contributed by atoms with Gasteiger partial charge in [0, 0.05) is 31.3 Å². The summed E-state index contributed by atoms with van der Waals surface area (Å²) in [6, 6.07) is 1.81. The molecule has 19 heavy (non-hydrogen) atoms. The van der Waals surface area contributed by atoms with Gasteiger partial charge in [-0.15, -0.1) is 0 Å². The first-order chi connectivity index (χ1) is 9.14. The number of methoxy groups -OCH3 is 1. The summed E-state index contributed by atoms with van der Waals surface area (Å²) in [5, 5.41) is 6.88. The van der Waals surface area contributed by atoms with Gasteiger partial charge < -0.3 is 9.64 Å². The summed E-state index contributed by atoms with van der Waals surface area (Å²) in [6.45, 7) is 3.56. The van der Waals surface area contributed by atoms with Crippen LogP contribution in [0.3, 0.4) is 0 Å². The summed E-state index contributed by atoms with van der Waals surface area (Å²) in [6.07, 6.45) is 4.93. The molecule has 1 aliphatic carbocycles. The predicted molar refractivity (Wildman–Crippen MR) is 70.9 cm³/mol. The van der Waals surface area contributed by atoms with Crippen LogP contribution in [0.1, 0.15) is 41.9 Å². The molecule has 5 heteroatoms. The molecule has 1 saturated heterocycles. The van der Waals surface area contributed by atoms with E-state index in [2.05, 4.69) is 10.2 Å². The number of piperidine rings is 1. The normalized spacial score (nSPS) is 25.4. The number of aromatic amines is 1. The third-order valence-electron chi connectivity index (χ3n) is 4.84.